The van der Waals surface area contributed by atoms with Crippen molar-refractivity contribution in [3.8, 4) is 0 Å². The Balaban J connectivity index is 1.90. The zero-order chi connectivity index (χ0) is 17.8. The van der Waals surface area contributed by atoms with E-state index in [2.05, 4.69) is 11.9 Å². The molecule has 3 rings (SSSR count). The molecule has 2 aromatic rings. The van der Waals surface area contributed by atoms with Crippen LogP contribution in [0.25, 0.3) is 0 Å². The molecule has 8 nitrogen and oxygen atoms in total. The third-order valence-corrected chi connectivity index (χ3v) is 4.58. The average Bonchev–Trinajstić information content (AvgIpc) is 3.01. The van der Waals surface area contributed by atoms with Crippen LogP contribution in [0.3, 0.4) is 0 Å². The fraction of sp³-hybridized carbons (Fsp3) is 0.647. The molecule has 0 atom stereocenters. The largest absolute Gasteiger partial charge is 0.381 e. The molecule has 0 bridgehead atoms. The van der Waals surface area contributed by atoms with E-state index in [9.17, 15) is 9.59 Å². The van der Waals surface area contributed by atoms with Gasteiger partial charge in [-0.1, -0.05) is 13.3 Å². The van der Waals surface area contributed by atoms with Gasteiger partial charge in [0, 0.05) is 37.4 Å². The zero-order valence-electron chi connectivity index (χ0n) is 14.8. The predicted octanol–water partition coefficient (Wildman–Crippen LogP) is 1.18. The molecule has 0 aromatic carbocycles. The summed E-state index contributed by atoms with van der Waals surface area (Å²) < 4.78 is 8.80. The molecule has 8 heteroatoms. The van der Waals surface area contributed by atoms with Crippen LogP contribution in [0.2, 0.25) is 0 Å². The lowest BCUT2D eigenvalue weighted by Crippen LogP contribution is -2.31. The van der Waals surface area contributed by atoms with Crippen molar-refractivity contribution in [2.75, 3.05) is 13.2 Å². The van der Waals surface area contributed by atoms with Gasteiger partial charge < -0.3 is 4.74 Å². The Morgan fingerprint density at radius 1 is 1.32 bits per heavy atom. The molecular formula is C17H25N5O3. The van der Waals surface area contributed by atoms with Crippen LogP contribution in [0.1, 0.15) is 55.7 Å². The Bertz CT molecular complexity index is 830. The van der Waals surface area contributed by atoms with E-state index in [1.165, 1.54) is 4.57 Å². The minimum Gasteiger partial charge on any atom is -0.381 e. The zero-order valence-corrected chi connectivity index (χ0v) is 14.8. The first-order valence-corrected chi connectivity index (χ1v) is 8.90. The van der Waals surface area contributed by atoms with Gasteiger partial charge in [-0.3, -0.25) is 14.3 Å². The number of aromatic nitrogens is 5. The summed E-state index contributed by atoms with van der Waals surface area (Å²) in [6.07, 6.45) is 5.49. The quantitative estimate of drug-likeness (QED) is 0.847. The highest BCUT2D eigenvalue weighted by Crippen LogP contribution is 2.24. The lowest BCUT2D eigenvalue weighted by Gasteiger charge is -2.18. The van der Waals surface area contributed by atoms with Gasteiger partial charge >= 0.3 is 5.69 Å². The van der Waals surface area contributed by atoms with Gasteiger partial charge in [-0.05, 0) is 26.2 Å². The van der Waals surface area contributed by atoms with Crippen LogP contribution in [0.15, 0.2) is 15.8 Å². The molecule has 25 heavy (non-hydrogen) atoms. The molecule has 3 heterocycles. The van der Waals surface area contributed by atoms with Gasteiger partial charge in [0.25, 0.3) is 5.56 Å². The minimum absolute atomic E-state index is 0.302. The lowest BCUT2D eigenvalue weighted by molar-refractivity contribution is 0.0835. The van der Waals surface area contributed by atoms with Gasteiger partial charge in [0.2, 0.25) is 0 Å². The SMILES string of the molecule is CCCCn1nc(C2CCOCC2)nc1Cn1cc(C)c(=O)[nH]c1=O. The highest BCUT2D eigenvalue weighted by molar-refractivity contribution is 5.05. The minimum atomic E-state index is -0.423. The molecule has 0 unspecified atom stereocenters. The van der Waals surface area contributed by atoms with E-state index in [-0.39, 0.29) is 5.56 Å². The molecule has 136 valence electrons. The van der Waals surface area contributed by atoms with E-state index < -0.39 is 5.69 Å². The van der Waals surface area contributed by atoms with Crippen molar-refractivity contribution in [2.24, 2.45) is 0 Å². The molecule has 0 amide bonds. The Kier molecular flexibility index (Phi) is 5.47. The van der Waals surface area contributed by atoms with Crippen molar-refractivity contribution >= 4 is 0 Å². The number of ether oxygens (including phenoxy) is 1. The molecule has 1 N–H and O–H groups in total. The number of H-pyrrole nitrogens is 1. The standard InChI is InChI=1S/C17H25N5O3/c1-3-4-7-22-14(11-21-10-12(2)16(23)19-17(21)24)18-15(20-22)13-5-8-25-9-6-13/h10,13H,3-9,11H2,1-2H3,(H,19,23,24). The van der Waals surface area contributed by atoms with Crippen molar-refractivity contribution < 1.29 is 4.74 Å². The number of nitrogens with zero attached hydrogens (tertiary/aromatic N) is 4. The monoisotopic (exact) mass is 347 g/mol. The van der Waals surface area contributed by atoms with Crippen LogP contribution in [-0.4, -0.2) is 37.5 Å². The van der Waals surface area contributed by atoms with Gasteiger partial charge in [-0.25, -0.2) is 14.5 Å². The number of aryl methyl sites for hydroxylation is 2. The highest BCUT2D eigenvalue weighted by atomic mass is 16.5. The van der Waals surface area contributed by atoms with Gasteiger partial charge in [0.05, 0.1) is 6.54 Å². The second-order valence-electron chi connectivity index (χ2n) is 6.55. The first-order chi connectivity index (χ1) is 12.1. The molecular weight excluding hydrogens is 322 g/mol. The summed E-state index contributed by atoms with van der Waals surface area (Å²) in [7, 11) is 0. The molecule has 1 fully saturated rings. The van der Waals surface area contributed by atoms with Crippen LogP contribution >= 0.6 is 0 Å². The smallest absolute Gasteiger partial charge is 0.328 e. The topological polar surface area (TPSA) is 94.8 Å². The summed E-state index contributed by atoms with van der Waals surface area (Å²) in [4.78, 5) is 30.7. The molecule has 0 spiro atoms. The predicted molar refractivity (Wildman–Crippen MR) is 92.9 cm³/mol. The van der Waals surface area contributed by atoms with E-state index in [0.29, 0.717) is 18.0 Å². The Hall–Kier alpha value is -2.22. The van der Waals surface area contributed by atoms with E-state index in [1.54, 1.807) is 13.1 Å². The van der Waals surface area contributed by atoms with E-state index in [1.807, 2.05) is 4.68 Å². The Morgan fingerprint density at radius 2 is 2.08 bits per heavy atom. The van der Waals surface area contributed by atoms with Crippen molar-refractivity contribution in [1.82, 2.24) is 24.3 Å². The van der Waals surface area contributed by atoms with Crippen LogP contribution in [0, 0.1) is 6.92 Å². The summed E-state index contributed by atoms with van der Waals surface area (Å²) in [5.74, 6) is 1.90. The van der Waals surface area contributed by atoms with Crippen LogP contribution in [-0.2, 0) is 17.8 Å². The fourth-order valence-corrected chi connectivity index (χ4v) is 3.01. The second-order valence-corrected chi connectivity index (χ2v) is 6.55. The first kappa shape index (κ1) is 17.6. The fourth-order valence-electron chi connectivity index (χ4n) is 3.01. The maximum atomic E-state index is 12.1. The lowest BCUT2D eigenvalue weighted by atomic mass is 10.00. The Labute approximate surface area is 145 Å². The third kappa shape index (κ3) is 4.07. The van der Waals surface area contributed by atoms with E-state index in [0.717, 1.165) is 57.1 Å². The molecule has 2 aromatic heterocycles. The molecule has 1 saturated heterocycles. The number of hydrogen-bond acceptors (Lipinski definition) is 5. The summed E-state index contributed by atoms with van der Waals surface area (Å²) in [6.45, 7) is 6.37. The first-order valence-electron chi connectivity index (χ1n) is 8.90. The number of unbranched alkanes of at least 4 members (excludes halogenated alkanes) is 1. The van der Waals surface area contributed by atoms with Crippen molar-refractivity contribution in [3.63, 3.8) is 0 Å². The average molecular weight is 347 g/mol. The number of aromatic amines is 1. The van der Waals surface area contributed by atoms with Crippen molar-refractivity contribution in [1.29, 1.82) is 0 Å². The number of hydrogen-bond donors (Lipinski definition) is 1. The normalized spacial score (nSPS) is 15.6. The maximum Gasteiger partial charge on any atom is 0.328 e. The van der Waals surface area contributed by atoms with Gasteiger partial charge in [-0.15, -0.1) is 0 Å². The summed E-state index contributed by atoms with van der Waals surface area (Å²) in [5.41, 5.74) is -0.270. The number of rotatable bonds is 6. The molecule has 1 aliphatic heterocycles. The molecule has 0 aliphatic carbocycles. The second kappa shape index (κ2) is 7.77. The van der Waals surface area contributed by atoms with Gasteiger partial charge in [0.15, 0.2) is 5.82 Å². The van der Waals surface area contributed by atoms with E-state index >= 15 is 0 Å². The van der Waals surface area contributed by atoms with Crippen LogP contribution in [0.4, 0.5) is 0 Å². The molecule has 0 saturated carbocycles. The third-order valence-electron chi connectivity index (χ3n) is 4.58. The summed E-state index contributed by atoms with van der Waals surface area (Å²) >= 11 is 0. The molecule has 1 aliphatic rings. The number of nitrogens with one attached hydrogen (secondary N) is 1. The Morgan fingerprint density at radius 3 is 2.80 bits per heavy atom. The van der Waals surface area contributed by atoms with Crippen LogP contribution in [0.5, 0.6) is 0 Å². The van der Waals surface area contributed by atoms with E-state index in [4.69, 9.17) is 14.8 Å². The highest BCUT2D eigenvalue weighted by Gasteiger charge is 2.22. The summed E-state index contributed by atoms with van der Waals surface area (Å²) in [6, 6.07) is 0. The summed E-state index contributed by atoms with van der Waals surface area (Å²) in [5, 5.41) is 4.70. The van der Waals surface area contributed by atoms with Crippen molar-refractivity contribution in [3.05, 3.63) is 44.2 Å². The molecule has 0 radical (unpaired) electrons. The van der Waals surface area contributed by atoms with Crippen molar-refractivity contribution in [2.45, 2.75) is 58.5 Å². The van der Waals surface area contributed by atoms with Crippen LogP contribution < -0.4 is 11.2 Å². The van der Waals surface area contributed by atoms with Gasteiger partial charge in [0.1, 0.15) is 5.82 Å². The van der Waals surface area contributed by atoms with Gasteiger partial charge in [-0.2, -0.15) is 5.10 Å². The maximum absolute atomic E-state index is 12.1.